The van der Waals surface area contributed by atoms with E-state index in [9.17, 15) is 9.59 Å². The van der Waals surface area contributed by atoms with Gasteiger partial charge in [0.25, 0.3) is 0 Å². The summed E-state index contributed by atoms with van der Waals surface area (Å²) in [5.41, 5.74) is 0. The molecule has 1 atom stereocenters. The molecule has 1 heterocycles. The smallest absolute Gasteiger partial charge is 0.323 e. The molecule has 2 amide bonds. The van der Waals surface area contributed by atoms with Crippen molar-refractivity contribution >= 4 is 12.0 Å². The molecule has 0 aromatic carbocycles. The highest BCUT2D eigenvalue weighted by atomic mass is 16.4. The predicted octanol–water partition coefficient (Wildman–Crippen LogP) is 0.785. The van der Waals surface area contributed by atoms with Crippen LogP contribution in [0.2, 0.25) is 0 Å². The van der Waals surface area contributed by atoms with Crippen LogP contribution in [0, 0.1) is 5.92 Å². The van der Waals surface area contributed by atoms with E-state index in [0.29, 0.717) is 25.7 Å². The molecular weight excluding hydrogens is 246 g/mol. The van der Waals surface area contributed by atoms with E-state index in [1.54, 1.807) is 4.90 Å². The fraction of sp³-hybridized carbons (Fsp3) is 0.846. The Hall–Kier alpha value is -1.30. The molecule has 1 N–H and O–H groups in total. The number of aliphatic carboxylic acids is 1. The van der Waals surface area contributed by atoms with Crippen molar-refractivity contribution in [2.45, 2.75) is 26.8 Å². The molecule has 0 aliphatic carbocycles. The van der Waals surface area contributed by atoms with Gasteiger partial charge in [-0.1, -0.05) is 13.8 Å². The summed E-state index contributed by atoms with van der Waals surface area (Å²) in [4.78, 5) is 28.7. The Morgan fingerprint density at radius 1 is 1.37 bits per heavy atom. The second kappa shape index (κ2) is 6.75. The predicted molar refractivity (Wildman–Crippen MR) is 73.1 cm³/mol. The first-order valence-corrected chi connectivity index (χ1v) is 6.77. The number of amides is 2. The van der Waals surface area contributed by atoms with Crippen molar-refractivity contribution in [2.75, 3.05) is 39.8 Å². The van der Waals surface area contributed by atoms with Crippen molar-refractivity contribution in [2.24, 2.45) is 5.92 Å². The third-order valence-corrected chi connectivity index (χ3v) is 3.41. The number of carboxylic acid groups (broad SMARTS) is 1. The van der Waals surface area contributed by atoms with Gasteiger partial charge in [-0.25, -0.2) is 4.79 Å². The summed E-state index contributed by atoms with van der Waals surface area (Å²) in [6, 6.07) is 0.152. The SMILES string of the molecule is CC(C)CN(CC(=O)O)C(=O)N1CCN(C)C(C)C1. The van der Waals surface area contributed by atoms with E-state index in [4.69, 9.17) is 5.11 Å². The van der Waals surface area contributed by atoms with Gasteiger partial charge in [0.1, 0.15) is 6.54 Å². The Morgan fingerprint density at radius 2 is 2.00 bits per heavy atom. The van der Waals surface area contributed by atoms with Crippen molar-refractivity contribution in [3.63, 3.8) is 0 Å². The third kappa shape index (κ3) is 4.70. The quantitative estimate of drug-likeness (QED) is 0.821. The maximum absolute atomic E-state index is 12.4. The number of likely N-dealkylation sites (N-methyl/N-ethyl adjacent to an activating group) is 1. The molecule has 0 saturated carbocycles. The van der Waals surface area contributed by atoms with Gasteiger partial charge in [0.2, 0.25) is 0 Å². The minimum absolute atomic E-state index is 0.156. The topological polar surface area (TPSA) is 64.1 Å². The molecule has 1 rings (SSSR count). The van der Waals surface area contributed by atoms with Gasteiger partial charge in [-0.3, -0.25) is 4.79 Å². The van der Waals surface area contributed by atoms with Crippen LogP contribution in [0.15, 0.2) is 0 Å². The van der Waals surface area contributed by atoms with Gasteiger partial charge in [-0.15, -0.1) is 0 Å². The average Bonchev–Trinajstić information content (AvgIpc) is 2.29. The lowest BCUT2D eigenvalue weighted by Gasteiger charge is -2.40. The zero-order valence-electron chi connectivity index (χ0n) is 12.3. The number of carboxylic acids is 1. The maximum atomic E-state index is 12.4. The number of hydrogen-bond donors (Lipinski definition) is 1. The average molecular weight is 271 g/mol. The number of urea groups is 1. The molecule has 6 heteroatoms. The van der Waals surface area contributed by atoms with Crippen LogP contribution in [0.3, 0.4) is 0 Å². The van der Waals surface area contributed by atoms with E-state index in [0.717, 1.165) is 6.54 Å². The highest BCUT2D eigenvalue weighted by molar-refractivity contribution is 5.80. The van der Waals surface area contributed by atoms with Gasteiger partial charge in [0.15, 0.2) is 0 Å². The molecule has 6 nitrogen and oxygen atoms in total. The number of carbonyl (C=O) groups excluding carboxylic acids is 1. The Kier molecular flexibility index (Phi) is 5.60. The normalized spacial score (nSPS) is 20.7. The fourth-order valence-electron chi connectivity index (χ4n) is 2.24. The maximum Gasteiger partial charge on any atom is 0.323 e. The van der Waals surface area contributed by atoms with Gasteiger partial charge in [-0.05, 0) is 19.9 Å². The van der Waals surface area contributed by atoms with Crippen LogP contribution in [0.5, 0.6) is 0 Å². The van der Waals surface area contributed by atoms with E-state index >= 15 is 0 Å². The van der Waals surface area contributed by atoms with Crippen LogP contribution in [0.1, 0.15) is 20.8 Å². The molecule has 1 unspecified atom stereocenters. The monoisotopic (exact) mass is 271 g/mol. The lowest BCUT2D eigenvalue weighted by molar-refractivity contribution is -0.137. The summed E-state index contributed by atoms with van der Waals surface area (Å²) in [6.07, 6.45) is 0. The number of rotatable bonds is 4. The highest BCUT2D eigenvalue weighted by Gasteiger charge is 2.28. The lowest BCUT2D eigenvalue weighted by atomic mass is 10.2. The van der Waals surface area contributed by atoms with E-state index in [1.807, 2.05) is 20.9 Å². The summed E-state index contributed by atoms with van der Waals surface area (Å²) in [6.45, 7) is 8.43. The first-order valence-electron chi connectivity index (χ1n) is 6.77. The summed E-state index contributed by atoms with van der Waals surface area (Å²) in [7, 11) is 2.04. The first kappa shape index (κ1) is 15.8. The van der Waals surface area contributed by atoms with Crippen LogP contribution >= 0.6 is 0 Å². The number of nitrogens with zero attached hydrogens (tertiary/aromatic N) is 3. The number of hydrogen-bond acceptors (Lipinski definition) is 3. The Bertz CT molecular complexity index is 333. The van der Waals surface area contributed by atoms with Gasteiger partial charge in [0, 0.05) is 32.2 Å². The Balaban J connectivity index is 2.67. The fourth-order valence-corrected chi connectivity index (χ4v) is 2.24. The second-order valence-electron chi connectivity index (χ2n) is 5.73. The molecule has 1 aliphatic heterocycles. The first-order chi connectivity index (χ1) is 8.81. The molecule has 0 bridgehead atoms. The molecule has 0 aromatic heterocycles. The highest BCUT2D eigenvalue weighted by Crippen LogP contribution is 2.11. The largest absolute Gasteiger partial charge is 0.480 e. The molecule has 0 spiro atoms. The molecule has 1 fully saturated rings. The van der Waals surface area contributed by atoms with Crippen LogP contribution in [-0.2, 0) is 4.79 Å². The molecule has 110 valence electrons. The van der Waals surface area contributed by atoms with E-state index in [1.165, 1.54) is 4.90 Å². The van der Waals surface area contributed by atoms with Gasteiger partial charge in [0.05, 0.1) is 0 Å². The number of piperazine rings is 1. The molecule has 1 saturated heterocycles. The van der Waals surface area contributed by atoms with Crippen molar-refractivity contribution in [1.82, 2.24) is 14.7 Å². The summed E-state index contributed by atoms with van der Waals surface area (Å²) >= 11 is 0. The zero-order chi connectivity index (χ0) is 14.6. The minimum atomic E-state index is -0.962. The van der Waals surface area contributed by atoms with Crippen LogP contribution in [0.4, 0.5) is 4.79 Å². The van der Waals surface area contributed by atoms with Gasteiger partial charge >= 0.3 is 12.0 Å². The molecular formula is C13H25N3O3. The van der Waals surface area contributed by atoms with E-state index in [-0.39, 0.29) is 18.5 Å². The van der Waals surface area contributed by atoms with Crippen molar-refractivity contribution in [3.05, 3.63) is 0 Å². The van der Waals surface area contributed by atoms with Crippen LogP contribution in [-0.4, -0.2) is 77.6 Å². The van der Waals surface area contributed by atoms with Crippen molar-refractivity contribution in [3.8, 4) is 0 Å². The van der Waals surface area contributed by atoms with E-state index in [2.05, 4.69) is 11.8 Å². The summed E-state index contributed by atoms with van der Waals surface area (Å²) < 4.78 is 0. The summed E-state index contributed by atoms with van der Waals surface area (Å²) in [5.74, 6) is -0.704. The second-order valence-corrected chi connectivity index (χ2v) is 5.73. The standard InChI is InChI=1S/C13H25N3O3/c1-10(2)7-16(9-12(17)18)13(19)15-6-5-14(4)11(3)8-15/h10-11H,5-9H2,1-4H3,(H,17,18). The zero-order valence-corrected chi connectivity index (χ0v) is 12.3. The Labute approximate surface area is 115 Å². The van der Waals surface area contributed by atoms with Gasteiger partial charge in [-0.2, -0.15) is 0 Å². The minimum Gasteiger partial charge on any atom is -0.480 e. The third-order valence-electron chi connectivity index (χ3n) is 3.41. The number of carbonyl (C=O) groups is 2. The van der Waals surface area contributed by atoms with Crippen LogP contribution < -0.4 is 0 Å². The Morgan fingerprint density at radius 3 is 2.47 bits per heavy atom. The molecule has 0 radical (unpaired) electrons. The molecule has 0 aromatic rings. The lowest BCUT2D eigenvalue weighted by Crippen LogP contribution is -2.56. The van der Waals surface area contributed by atoms with Gasteiger partial charge < -0.3 is 19.8 Å². The molecule has 1 aliphatic rings. The molecule has 19 heavy (non-hydrogen) atoms. The van der Waals surface area contributed by atoms with E-state index < -0.39 is 5.97 Å². The van der Waals surface area contributed by atoms with Crippen LogP contribution in [0.25, 0.3) is 0 Å². The van der Waals surface area contributed by atoms with Crippen molar-refractivity contribution < 1.29 is 14.7 Å². The van der Waals surface area contributed by atoms with Crippen molar-refractivity contribution in [1.29, 1.82) is 0 Å². The summed E-state index contributed by atoms with van der Waals surface area (Å²) in [5, 5.41) is 8.92.